The summed E-state index contributed by atoms with van der Waals surface area (Å²) in [4.78, 5) is 34.9. The van der Waals surface area contributed by atoms with Crippen LogP contribution in [0.5, 0.6) is 0 Å². The van der Waals surface area contributed by atoms with Crippen LogP contribution in [-0.4, -0.2) is 35.6 Å². The van der Waals surface area contributed by atoms with Crippen LogP contribution in [-0.2, 0) is 19.1 Å². The van der Waals surface area contributed by atoms with Gasteiger partial charge in [0.05, 0.1) is 0 Å². The molecule has 308 valence electrons. The van der Waals surface area contributed by atoms with Gasteiger partial charge in [-0.05, 0) is 89.5 Å². The van der Waals surface area contributed by atoms with Crippen molar-refractivity contribution in [3.05, 3.63) is 72.9 Å². The molecular formula is C48H81NO5. The molecule has 0 aromatic heterocycles. The van der Waals surface area contributed by atoms with Crippen molar-refractivity contribution in [3.63, 3.8) is 0 Å². The lowest BCUT2D eigenvalue weighted by atomic mass is 10.0. The number of nitrogens with one attached hydrogen (secondary N) is 1. The Hall–Kier alpha value is -3.15. The van der Waals surface area contributed by atoms with Gasteiger partial charge in [-0.15, -0.1) is 0 Å². The van der Waals surface area contributed by atoms with Crippen molar-refractivity contribution in [2.75, 3.05) is 6.54 Å². The predicted molar refractivity (Wildman–Crippen MR) is 231 cm³/mol. The van der Waals surface area contributed by atoms with E-state index in [1.165, 1.54) is 70.6 Å². The molecule has 0 aromatic rings. The number of hydrogen-bond donors (Lipinski definition) is 2. The van der Waals surface area contributed by atoms with Crippen molar-refractivity contribution in [2.24, 2.45) is 0 Å². The molecular weight excluding hydrogens is 671 g/mol. The van der Waals surface area contributed by atoms with Gasteiger partial charge in [-0.2, -0.15) is 0 Å². The monoisotopic (exact) mass is 752 g/mol. The van der Waals surface area contributed by atoms with Gasteiger partial charge in [-0.25, -0.2) is 0 Å². The highest BCUT2D eigenvalue weighted by Crippen LogP contribution is 2.16. The maximum absolute atomic E-state index is 12.7. The average molecular weight is 752 g/mol. The minimum Gasteiger partial charge on any atom is -0.480 e. The smallest absolute Gasteiger partial charge is 0.322 e. The van der Waals surface area contributed by atoms with Crippen molar-refractivity contribution in [1.29, 1.82) is 0 Å². The van der Waals surface area contributed by atoms with E-state index in [9.17, 15) is 14.4 Å². The summed E-state index contributed by atoms with van der Waals surface area (Å²) in [5, 5.41) is 11.1. The van der Waals surface area contributed by atoms with Gasteiger partial charge in [0, 0.05) is 12.8 Å². The Bertz CT molecular complexity index is 1050. The summed E-state index contributed by atoms with van der Waals surface area (Å²) in [6, 6.07) is 0. The lowest BCUT2D eigenvalue weighted by Gasteiger charge is -2.15. The van der Waals surface area contributed by atoms with Crippen LogP contribution in [0.2, 0.25) is 0 Å². The van der Waals surface area contributed by atoms with E-state index in [0.29, 0.717) is 12.8 Å². The summed E-state index contributed by atoms with van der Waals surface area (Å²) in [6.07, 6.45) is 57.6. The van der Waals surface area contributed by atoms with Gasteiger partial charge >= 0.3 is 11.9 Å². The van der Waals surface area contributed by atoms with E-state index in [4.69, 9.17) is 9.84 Å². The first-order valence-electron chi connectivity index (χ1n) is 22.1. The van der Waals surface area contributed by atoms with Crippen molar-refractivity contribution >= 4 is 17.8 Å². The number of rotatable bonds is 39. The third-order valence-corrected chi connectivity index (χ3v) is 9.35. The highest BCUT2D eigenvalue weighted by atomic mass is 16.5. The molecule has 1 atom stereocenters. The van der Waals surface area contributed by atoms with Gasteiger partial charge < -0.3 is 15.2 Å². The van der Waals surface area contributed by atoms with Crippen LogP contribution in [0.15, 0.2) is 72.9 Å². The van der Waals surface area contributed by atoms with Crippen molar-refractivity contribution in [1.82, 2.24) is 5.32 Å². The van der Waals surface area contributed by atoms with Crippen LogP contribution in [0, 0.1) is 0 Å². The molecule has 0 aromatic carbocycles. The lowest BCUT2D eigenvalue weighted by molar-refractivity contribution is -0.147. The molecule has 54 heavy (non-hydrogen) atoms. The van der Waals surface area contributed by atoms with E-state index in [1.807, 2.05) is 0 Å². The standard InChI is InChI=1S/C48H81NO5/c1-3-5-7-9-11-13-14-15-16-17-18-19-20-21-22-23-24-25-26-27-29-35-39-43-48(53)54-45(40-36-32-28-12-10-8-6-4-2)41-37-33-30-31-34-38-42-46(50)49-44-47(51)52/h5,7,11,13,15-16,18-19,21-22,36,40,45H,3-4,6,8-10,12,14,17,20,23-35,37-39,41-44H2,1-2H3,(H,49,50)(H,51,52)/b7-5-,13-11-,16-15-,19-18-,22-21-,40-36-. The zero-order valence-electron chi connectivity index (χ0n) is 34.8. The van der Waals surface area contributed by atoms with Crippen molar-refractivity contribution < 1.29 is 24.2 Å². The molecule has 6 heteroatoms. The first kappa shape index (κ1) is 50.9. The number of carboxylic acid groups (broad SMARTS) is 1. The highest BCUT2D eigenvalue weighted by molar-refractivity contribution is 5.80. The Labute approximate surface area is 332 Å². The highest BCUT2D eigenvalue weighted by Gasteiger charge is 2.11. The molecule has 0 aliphatic rings. The summed E-state index contributed by atoms with van der Waals surface area (Å²) < 4.78 is 5.94. The van der Waals surface area contributed by atoms with E-state index < -0.39 is 5.97 Å². The molecule has 2 N–H and O–H groups in total. The summed E-state index contributed by atoms with van der Waals surface area (Å²) in [5.74, 6) is -1.28. The molecule has 0 aliphatic carbocycles. The number of unbranched alkanes of at least 4 members (excludes halogenated alkanes) is 18. The second-order valence-corrected chi connectivity index (χ2v) is 14.6. The van der Waals surface area contributed by atoms with Gasteiger partial charge in [0.15, 0.2) is 0 Å². The molecule has 0 heterocycles. The Morgan fingerprint density at radius 3 is 1.50 bits per heavy atom. The first-order valence-corrected chi connectivity index (χ1v) is 22.1. The van der Waals surface area contributed by atoms with Crippen LogP contribution in [0.4, 0.5) is 0 Å². The summed E-state index contributed by atoms with van der Waals surface area (Å²) >= 11 is 0. The van der Waals surface area contributed by atoms with Crippen LogP contribution in [0.25, 0.3) is 0 Å². The number of allylic oxidation sites excluding steroid dienone is 11. The largest absolute Gasteiger partial charge is 0.480 e. The zero-order chi connectivity index (χ0) is 39.4. The minimum absolute atomic E-state index is 0.0672. The molecule has 0 bridgehead atoms. The molecule has 1 amide bonds. The number of hydrogen-bond acceptors (Lipinski definition) is 4. The number of esters is 1. The summed E-state index contributed by atoms with van der Waals surface area (Å²) in [5.41, 5.74) is 0. The maximum Gasteiger partial charge on any atom is 0.322 e. The number of carboxylic acids is 1. The topological polar surface area (TPSA) is 92.7 Å². The Morgan fingerprint density at radius 2 is 0.963 bits per heavy atom. The average Bonchev–Trinajstić information content (AvgIpc) is 3.16. The molecule has 0 aliphatic heterocycles. The van der Waals surface area contributed by atoms with E-state index in [2.05, 4.69) is 92.1 Å². The minimum atomic E-state index is -1.02. The maximum atomic E-state index is 12.7. The van der Waals surface area contributed by atoms with E-state index in [1.54, 1.807) is 0 Å². The Morgan fingerprint density at radius 1 is 0.519 bits per heavy atom. The van der Waals surface area contributed by atoms with Gasteiger partial charge in [0.2, 0.25) is 5.91 Å². The van der Waals surface area contributed by atoms with E-state index in [0.717, 1.165) is 103 Å². The molecule has 0 spiro atoms. The lowest BCUT2D eigenvalue weighted by Crippen LogP contribution is -2.28. The van der Waals surface area contributed by atoms with Gasteiger partial charge in [0.1, 0.15) is 12.6 Å². The van der Waals surface area contributed by atoms with Gasteiger partial charge in [-0.1, -0.05) is 171 Å². The number of carbonyl (C=O) groups excluding carboxylic acids is 2. The number of carbonyl (C=O) groups is 3. The molecule has 0 fully saturated rings. The van der Waals surface area contributed by atoms with E-state index in [-0.39, 0.29) is 24.5 Å². The molecule has 0 saturated heterocycles. The number of ether oxygens (including phenoxy) is 1. The zero-order valence-corrected chi connectivity index (χ0v) is 34.8. The fourth-order valence-electron chi connectivity index (χ4n) is 6.10. The third kappa shape index (κ3) is 41.6. The van der Waals surface area contributed by atoms with Crippen LogP contribution in [0.1, 0.15) is 200 Å². The fourth-order valence-corrected chi connectivity index (χ4v) is 6.10. The predicted octanol–water partition coefficient (Wildman–Crippen LogP) is 13.8. The quantitative estimate of drug-likeness (QED) is 0.0371. The van der Waals surface area contributed by atoms with Crippen LogP contribution in [0.3, 0.4) is 0 Å². The number of aliphatic carboxylic acids is 1. The molecule has 0 radical (unpaired) electrons. The SMILES string of the molecule is CC/C=C\C/C=C\C/C=C\C/C=C\C/C=C\CCCCCCCCCC(=O)OC(/C=C\CCCCCCCC)CCCCCCCCC(=O)NCC(=O)O. The Balaban J connectivity index is 4.07. The van der Waals surface area contributed by atoms with Crippen LogP contribution < -0.4 is 5.32 Å². The fraction of sp³-hybridized carbons (Fsp3) is 0.688. The Kier molecular flexibility index (Phi) is 40.1. The summed E-state index contributed by atoms with van der Waals surface area (Å²) in [6.45, 7) is 4.09. The molecule has 0 rings (SSSR count). The third-order valence-electron chi connectivity index (χ3n) is 9.35. The number of amides is 1. The van der Waals surface area contributed by atoms with Gasteiger partial charge in [0.25, 0.3) is 0 Å². The molecule has 1 unspecified atom stereocenters. The second kappa shape index (κ2) is 42.6. The summed E-state index contributed by atoms with van der Waals surface area (Å²) in [7, 11) is 0. The second-order valence-electron chi connectivity index (χ2n) is 14.6. The van der Waals surface area contributed by atoms with Crippen molar-refractivity contribution in [3.8, 4) is 0 Å². The first-order chi connectivity index (χ1) is 26.5. The molecule has 0 saturated carbocycles. The van der Waals surface area contributed by atoms with Gasteiger partial charge in [-0.3, -0.25) is 14.4 Å². The van der Waals surface area contributed by atoms with Crippen molar-refractivity contribution in [2.45, 2.75) is 206 Å². The molecule has 6 nitrogen and oxygen atoms in total. The van der Waals surface area contributed by atoms with Crippen LogP contribution >= 0.6 is 0 Å². The normalized spacial score (nSPS) is 12.8. The van der Waals surface area contributed by atoms with E-state index >= 15 is 0 Å².